The molecule has 0 bridgehead atoms. The normalized spacial score (nSPS) is 30.5. The highest BCUT2D eigenvalue weighted by Gasteiger charge is 2.43. The van der Waals surface area contributed by atoms with Crippen molar-refractivity contribution in [3.8, 4) is 0 Å². The minimum absolute atomic E-state index is 0.0305. The van der Waals surface area contributed by atoms with Crippen LogP contribution in [0.3, 0.4) is 0 Å². The second-order valence-electron chi connectivity index (χ2n) is 27.5. The fraction of sp³-hybridized carbons (Fsp3) is 0.889. The molecule has 6 rings (SSSR count). The van der Waals surface area contributed by atoms with Gasteiger partial charge in [0.2, 0.25) is 0 Å². The molecule has 0 saturated heterocycles. The van der Waals surface area contributed by atoms with E-state index in [0.29, 0.717) is 42.7 Å². The lowest BCUT2D eigenvalue weighted by atomic mass is 9.69. The zero-order valence-electron chi connectivity index (χ0n) is 53.6. The summed E-state index contributed by atoms with van der Waals surface area (Å²) in [7, 11) is 0. The van der Waals surface area contributed by atoms with E-state index in [2.05, 4.69) is 13.8 Å². The molecule has 482 valence electrons. The lowest BCUT2D eigenvalue weighted by Crippen LogP contribution is -2.42. The molecule has 0 aromatic rings. The third-order valence-electron chi connectivity index (χ3n) is 20.4. The number of fused-ring (bicyclic) bond motifs is 1. The summed E-state index contributed by atoms with van der Waals surface area (Å²) in [6, 6.07) is 0. The van der Waals surface area contributed by atoms with Crippen LogP contribution in [0.5, 0.6) is 0 Å². The summed E-state index contributed by atoms with van der Waals surface area (Å²) in [5.41, 5.74) is 1.03. The molecule has 10 nitrogen and oxygen atoms in total. The van der Waals surface area contributed by atoms with E-state index in [-0.39, 0.29) is 79.8 Å². The van der Waals surface area contributed by atoms with Crippen molar-refractivity contribution in [3.05, 3.63) is 23.3 Å². The van der Waals surface area contributed by atoms with Gasteiger partial charge < -0.3 is 28.4 Å². The Bertz CT molecular complexity index is 1780. The summed E-state index contributed by atoms with van der Waals surface area (Å²) in [5.74, 6) is -1.67. The van der Waals surface area contributed by atoms with E-state index in [1.54, 1.807) is 13.8 Å². The number of carbonyl (C=O) groups is 4. The van der Waals surface area contributed by atoms with E-state index in [1.807, 2.05) is 12.2 Å². The number of unbranched alkanes of at least 4 members (excludes halogenated alkanes) is 22. The molecule has 0 N–H and O–H groups in total. The summed E-state index contributed by atoms with van der Waals surface area (Å²) in [6.45, 7) is 9.72. The van der Waals surface area contributed by atoms with Crippen molar-refractivity contribution in [2.75, 3.05) is 13.2 Å². The van der Waals surface area contributed by atoms with Crippen molar-refractivity contribution >= 4 is 23.9 Å². The van der Waals surface area contributed by atoms with Crippen molar-refractivity contribution in [1.82, 2.24) is 0 Å². The molecule has 0 amide bonds. The van der Waals surface area contributed by atoms with E-state index < -0.39 is 48.3 Å². The van der Waals surface area contributed by atoms with Gasteiger partial charge in [0, 0.05) is 24.4 Å². The molecule has 8 unspecified atom stereocenters. The maximum atomic E-state index is 15.6. The zero-order chi connectivity index (χ0) is 59.7. The minimum atomic E-state index is -1.45. The fourth-order valence-corrected chi connectivity index (χ4v) is 14.9. The van der Waals surface area contributed by atoms with Crippen LogP contribution in [0, 0.1) is 35.5 Å². The average Bonchev–Trinajstić information content (AvgIpc) is 3.69. The summed E-state index contributed by atoms with van der Waals surface area (Å²) < 4.78 is 67.3. The first-order chi connectivity index (χ1) is 40.9. The standard InChI is InChI=1S/C72H120F2O10/c1-5-7-9-11-13-15-17-19-21-23-25-27-45-79-61-37-29-55(30-38-61)47-53(3)69(75)83-67-43-35-58(51-65(67)73)71(77)81-63-41-33-57-34-42-64(50-60(57)49-63)82-72(78)59-36-44-68(66(74)52-59)84-70(76)54(4)48-56-31-39-62(40-32-56)80-46-28-26-24-22-20-18-16-14-12-10-8-6-2/h47-48,55-68H,5-46,49-52H2,1-4H3/b53-47+,54-48+. The molecule has 0 radical (unpaired) electrons. The van der Waals surface area contributed by atoms with Gasteiger partial charge in [-0.25, -0.2) is 18.4 Å². The van der Waals surface area contributed by atoms with Gasteiger partial charge in [-0.2, -0.15) is 0 Å². The van der Waals surface area contributed by atoms with Crippen molar-refractivity contribution in [2.24, 2.45) is 35.5 Å². The molecular weight excluding hydrogens is 1060 g/mol. The molecule has 0 aromatic heterocycles. The average molecular weight is 1180 g/mol. The summed E-state index contributed by atoms with van der Waals surface area (Å²) in [5, 5.41) is 0. The van der Waals surface area contributed by atoms with Crippen molar-refractivity contribution in [3.63, 3.8) is 0 Å². The Morgan fingerprint density at radius 1 is 0.357 bits per heavy atom. The molecular formula is C72H120F2O10. The number of halogens is 2. The van der Waals surface area contributed by atoms with Crippen LogP contribution in [0.4, 0.5) is 8.78 Å². The molecule has 12 heteroatoms. The first-order valence-electron chi connectivity index (χ1n) is 35.6. The Balaban J connectivity index is 0.781. The molecule has 6 saturated carbocycles. The Hall–Kier alpha value is -2.86. The van der Waals surface area contributed by atoms with E-state index in [4.69, 9.17) is 28.4 Å². The number of alkyl halides is 2. The third kappa shape index (κ3) is 26.5. The minimum Gasteiger partial charge on any atom is -0.462 e. The van der Waals surface area contributed by atoms with Crippen molar-refractivity contribution in [1.29, 1.82) is 0 Å². The van der Waals surface area contributed by atoms with E-state index in [1.165, 1.54) is 141 Å². The number of ether oxygens (including phenoxy) is 6. The molecule has 0 aromatic carbocycles. The van der Waals surface area contributed by atoms with Crippen LogP contribution in [-0.2, 0) is 47.6 Å². The van der Waals surface area contributed by atoms with Gasteiger partial charge in [-0.1, -0.05) is 167 Å². The lowest BCUT2D eigenvalue weighted by Gasteiger charge is -2.42. The predicted octanol–water partition coefficient (Wildman–Crippen LogP) is 19.0. The van der Waals surface area contributed by atoms with Gasteiger partial charge in [-0.05, 0) is 179 Å². The van der Waals surface area contributed by atoms with Gasteiger partial charge >= 0.3 is 23.9 Å². The van der Waals surface area contributed by atoms with Gasteiger partial charge in [-0.15, -0.1) is 0 Å². The number of rotatable bonds is 38. The largest absolute Gasteiger partial charge is 0.462 e. The van der Waals surface area contributed by atoms with Gasteiger partial charge in [0.25, 0.3) is 0 Å². The van der Waals surface area contributed by atoms with Crippen LogP contribution in [0.15, 0.2) is 23.3 Å². The second kappa shape index (κ2) is 40.6. The summed E-state index contributed by atoms with van der Waals surface area (Å²) >= 11 is 0. The predicted molar refractivity (Wildman–Crippen MR) is 332 cm³/mol. The van der Waals surface area contributed by atoms with Crippen LogP contribution in [-0.4, -0.2) is 86.1 Å². The molecule has 6 fully saturated rings. The molecule has 0 spiro atoms. The Kier molecular flexibility index (Phi) is 34.0. The van der Waals surface area contributed by atoms with Crippen LogP contribution in [0.2, 0.25) is 0 Å². The first kappa shape index (κ1) is 70.2. The zero-order valence-corrected chi connectivity index (χ0v) is 53.6. The molecule has 84 heavy (non-hydrogen) atoms. The topological polar surface area (TPSA) is 124 Å². The van der Waals surface area contributed by atoms with Crippen molar-refractivity contribution < 1.29 is 56.4 Å². The van der Waals surface area contributed by atoms with Crippen LogP contribution < -0.4 is 0 Å². The molecule has 6 aliphatic carbocycles. The smallest absolute Gasteiger partial charge is 0.333 e. The molecule has 6 aliphatic rings. The number of esters is 4. The Morgan fingerprint density at radius 3 is 1.01 bits per heavy atom. The van der Waals surface area contributed by atoms with Gasteiger partial charge in [-0.3, -0.25) is 9.59 Å². The van der Waals surface area contributed by atoms with Gasteiger partial charge in [0.1, 0.15) is 36.8 Å². The van der Waals surface area contributed by atoms with E-state index in [9.17, 15) is 19.2 Å². The van der Waals surface area contributed by atoms with E-state index >= 15 is 8.78 Å². The van der Waals surface area contributed by atoms with Gasteiger partial charge in [0.05, 0.1) is 24.0 Å². The Labute approximate surface area is 509 Å². The second-order valence-corrected chi connectivity index (χ2v) is 27.5. The highest BCUT2D eigenvalue weighted by molar-refractivity contribution is 5.88. The molecule has 0 heterocycles. The molecule has 0 aliphatic heterocycles. The maximum Gasteiger partial charge on any atom is 0.333 e. The monoisotopic (exact) mass is 1180 g/mol. The van der Waals surface area contributed by atoms with Crippen LogP contribution >= 0.6 is 0 Å². The number of carbonyl (C=O) groups excluding carboxylic acids is 4. The quantitative estimate of drug-likeness (QED) is 0.0255. The first-order valence-corrected chi connectivity index (χ1v) is 35.6. The van der Waals surface area contributed by atoms with Crippen LogP contribution in [0.1, 0.15) is 310 Å². The maximum absolute atomic E-state index is 15.6. The lowest BCUT2D eigenvalue weighted by molar-refractivity contribution is -0.165. The summed E-state index contributed by atoms with van der Waals surface area (Å²) in [6.07, 6.45) is 45.0. The fourth-order valence-electron chi connectivity index (χ4n) is 14.9. The summed E-state index contributed by atoms with van der Waals surface area (Å²) in [4.78, 5) is 53.3. The highest BCUT2D eigenvalue weighted by atomic mass is 19.1. The van der Waals surface area contributed by atoms with Crippen molar-refractivity contribution in [2.45, 2.75) is 359 Å². The SMILES string of the molecule is CCCCCCCCCCCCCCOC1CCC(/C=C(\C)C(=O)OC2CCC(C(=O)OC3CCC4CCC(OC(=O)C5CCC(OC(=O)/C(C)=C/C6CCC(OCCCCCCCCCCCCCC)CC6)C(F)C5)CC4C3)CC2F)CC1. The number of hydrogen-bond donors (Lipinski definition) is 0. The van der Waals surface area contributed by atoms with Crippen LogP contribution in [0.25, 0.3) is 0 Å². The molecule has 8 atom stereocenters. The number of allylic oxidation sites excluding steroid dienone is 2. The van der Waals surface area contributed by atoms with E-state index in [0.717, 1.165) is 103 Å². The number of hydrogen-bond acceptors (Lipinski definition) is 10. The van der Waals surface area contributed by atoms with Gasteiger partial charge in [0.15, 0.2) is 0 Å². The Morgan fingerprint density at radius 2 is 0.679 bits per heavy atom. The highest BCUT2D eigenvalue weighted by Crippen LogP contribution is 2.44. The third-order valence-corrected chi connectivity index (χ3v) is 20.4.